The fraction of sp³-hybridized carbons (Fsp3) is 0.125. The van der Waals surface area contributed by atoms with Crippen molar-refractivity contribution in [1.82, 2.24) is 4.40 Å². The third kappa shape index (κ3) is 1.81. The standard InChI is InChI=1S/C16H16N2/c17-10-9-14-12-18-11-5-4-8-15(18)16(14)13-6-2-1-3-7-13/h1-8,11-12H,9-10,17H2. The molecule has 0 bridgehead atoms. The van der Waals surface area contributed by atoms with E-state index in [1.165, 1.54) is 22.2 Å². The minimum atomic E-state index is 0.677. The van der Waals surface area contributed by atoms with Crippen molar-refractivity contribution in [2.45, 2.75) is 6.42 Å². The number of benzene rings is 1. The number of nitrogens with two attached hydrogens (primary N) is 1. The molecule has 2 heterocycles. The van der Waals surface area contributed by atoms with Crippen LogP contribution in [-0.2, 0) is 6.42 Å². The molecular formula is C16H16N2. The lowest BCUT2D eigenvalue weighted by atomic mass is 10.0. The Morgan fingerprint density at radius 3 is 2.50 bits per heavy atom. The van der Waals surface area contributed by atoms with Gasteiger partial charge in [0.05, 0.1) is 5.52 Å². The van der Waals surface area contributed by atoms with E-state index < -0.39 is 0 Å². The molecule has 0 aliphatic carbocycles. The van der Waals surface area contributed by atoms with Crippen molar-refractivity contribution in [3.8, 4) is 11.1 Å². The summed E-state index contributed by atoms with van der Waals surface area (Å²) < 4.78 is 2.17. The quantitative estimate of drug-likeness (QED) is 0.744. The maximum absolute atomic E-state index is 5.72. The van der Waals surface area contributed by atoms with Crippen LogP contribution in [0.4, 0.5) is 0 Å². The van der Waals surface area contributed by atoms with Gasteiger partial charge in [-0.1, -0.05) is 36.4 Å². The average molecular weight is 236 g/mol. The van der Waals surface area contributed by atoms with E-state index in [2.05, 4.69) is 53.2 Å². The van der Waals surface area contributed by atoms with Crippen LogP contribution in [0.1, 0.15) is 5.56 Å². The first kappa shape index (κ1) is 11.1. The maximum atomic E-state index is 5.72. The van der Waals surface area contributed by atoms with Gasteiger partial charge in [0.2, 0.25) is 0 Å². The van der Waals surface area contributed by atoms with Crippen molar-refractivity contribution in [1.29, 1.82) is 0 Å². The zero-order chi connectivity index (χ0) is 12.4. The second kappa shape index (κ2) is 4.67. The number of fused-ring (bicyclic) bond motifs is 1. The van der Waals surface area contributed by atoms with Crippen LogP contribution in [0, 0.1) is 0 Å². The normalized spacial score (nSPS) is 10.9. The third-order valence-electron chi connectivity index (χ3n) is 3.24. The van der Waals surface area contributed by atoms with Gasteiger partial charge in [0, 0.05) is 18.0 Å². The van der Waals surface area contributed by atoms with Crippen molar-refractivity contribution >= 4 is 5.52 Å². The molecule has 2 N–H and O–H groups in total. The Kier molecular flexibility index (Phi) is 2.87. The van der Waals surface area contributed by atoms with Gasteiger partial charge in [0.15, 0.2) is 0 Å². The summed E-state index contributed by atoms with van der Waals surface area (Å²) in [5, 5.41) is 0. The van der Waals surface area contributed by atoms with E-state index in [4.69, 9.17) is 5.73 Å². The topological polar surface area (TPSA) is 30.4 Å². The van der Waals surface area contributed by atoms with Crippen LogP contribution in [-0.4, -0.2) is 10.9 Å². The molecule has 2 nitrogen and oxygen atoms in total. The molecule has 0 radical (unpaired) electrons. The first-order valence-electron chi connectivity index (χ1n) is 6.24. The summed E-state index contributed by atoms with van der Waals surface area (Å²) in [6.45, 7) is 0.677. The van der Waals surface area contributed by atoms with E-state index in [0.29, 0.717) is 6.54 Å². The smallest absolute Gasteiger partial charge is 0.0531 e. The highest BCUT2D eigenvalue weighted by Crippen LogP contribution is 2.30. The molecule has 0 spiro atoms. The van der Waals surface area contributed by atoms with Crippen molar-refractivity contribution in [2.24, 2.45) is 5.73 Å². The second-order valence-electron chi connectivity index (χ2n) is 4.43. The molecule has 0 saturated carbocycles. The van der Waals surface area contributed by atoms with Crippen molar-refractivity contribution in [3.05, 3.63) is 66.5 Å². The van der Waals surface area contributed by atoms with Gasteiger partial charge in [0.1, 0.15) is 0 Å². The molecule has 3 aromatic rings. The molecule has 2 heteroatoms. The van der Waals surface area contributed by atoms with E-state index >= 15 is 0 Å². The Morgan fingerprint density at radius 1 is 0.944 bits per heavy atom. The molecule has 0 atom stereocenters. The number of rotatable bonds is 3. The zero-order valence-electron chi connectivity index (χ0n) is 10.2. The maximum Gasteiger partial charge on any atom is 0.0531 e. The van der Waals surface area contributed by atoms with Crippen LogP contribution in [0.5, 0.6) is 0 Å². The fourth-order valence-electron chi connectivity index (χ4n) is 2.46. The van der Waals surface area contributed by atoms with Gasteiger partial charge in [-0.15, -0.1) is 0 Å². The van der Waals surface area contributed by atoms with E-state index in [1.54, 1.807) is 0 Å². The number of pyridine rings is 1. The predicted molar refractivity (Wildman–Crippen MR) is 75.6 cm³/mol. The summed E-state index contributed by atoms with van der Waals surface area (Å²) in [6.07, 6.45) is 5.18. The van der Waals surface area contributed by atoms with Crippen LogP contribution in [0.3, 0.4) is 0 Å². The van der Waals surface area contributed by atoms with E-state index in [9.17, 15) is 0 Å². The number of hydrogen-bond acceptors (Lipinski definition) is 1. The summed E-state index contributed by atoms with van der Waals surface area (Å²) in [5.74, 6) is 0. The highest BCUT2D eigenvalue weighted by molar-refractivity contribution is 5.84. The molecule has 0 saturated heterocycles. The van der Waals surface area contributed by atoms with Gasteiger partial charge in [-0.05, 0) is 36.2 Å². The van der Waals surface area contributed by atoms with Gasteiger partial charge in [-0.3, -0.25) is 0 Å². The van der Waals surface area contributed by atoms with Crippen molar-refractivity contribution in [2.75, 3.05) is 6.54 Å². The van der Waals surface area contributed by atoms with Crippen LogP contribution in [0.25, 0.3) is 16.6 Å². The summed E-state index contributed by atoms with van der Waals surface area (Å²) >= 11 is 0. The predicted octanol–water partition coefficient (Wildman–Crippen LogP) is 3.11. The summed E-state index contributed by atoms with van der Waals surface area (Å²) in [6, 6.07) is 16.8. The molecule has 2 aromatic heterocycles. The lowest BCUT2D eigenvalue weighted by Crippen LogP contribution is -2.02. The Balaban J connectivity index is 2.28. The highest BCUT2D eigenvalue weighted by atomic mass is 14.9. The van der Waals surface area contributed by atoms with Crippen molar-refractivity contribution < 1.29 is 0 Å². The molecule has 90 valence electrons. The lowest BCUT2D eigenvalue weighted by molar-refractivity contribution is 0.967. The molecular weight excluding hydrogens is 220 g/mol. The first-order valence-corrected chi connectivity index (χ1v) is 6.24. The zero-order valence-corrected chi connectivity index (χ0v) is 10.2. The summed E-state index contributed by atoms with van der Waals surface area (Å²) in [4.78, 5) is 0. The monoisotopic (exact) mass is 236 g/mol. The summed E-state index contributed by atoms with van der Waals surface area (Å²) in [5.41, 5.74) is 10.8. The molecule has 0 aliphatic heterocycles. The van der Waals surface area contributed by atoms with Crippen LogP contribution >= 0.6 is 0 Å². The molecule has 0 unspecified atom stereocenters. The molecule has 0 fully saturated rings. The Bertz CT molecular complexity index is 653. The molecule has 3 rings (SSSR count). The minimum Gasteiger partial charge on any atom is -0.330 e. The van der Waals surface area contributed by atoms with E-state index in [1.807, 2.05) is 12.1 Å². The minimum absolute atomic E-state index is 0.677. The highest BCUT2D eigenvalue weighted by Gasteiger charge is 2.11. The van der Waals surface area contributed by atoms with Crippen molar-refractivity contribution in [3.63, 3.8) is 0 Å². The molecule has 1 aromatic carbocycles. The number of nitrogens with zero attached hydrogens (tertiary/aromatic N) is 1. The van der Waals surface area contributed by atoms with Gasteiger partial charge in [-0.2, -0.15) is 0 Å². The number of aromatic nitrogens is 1. The van der Waals surface area contributed by atoms with Gasteiger partial charge in [0.25, 0.3) is 0 Å². The van der Waals surface area contributed by atoms with Crippen LogP contribution in [0.2, 0.25) is 0 Å². The van der Waals surface area contributed by atoms with Crippen LogP contribution in [0.15, 0.2) is 60.9 Å². The van der Waals surface area contributed by atoms with Gasteiger partial charge in [-0.25, -0.2) is 0 Å². The van der Waals surface area contributed by atoms with Gasteiger partial charge >= 0.3 is 0 Å². The Labute approximate surface area is 107 Å². The third-order valence-corrected chi connectivity index (χ3v) is 3.24. The molecule has 0 amide bonds. The molecule has 0 aliphatic rings. The lowest BCUT2D eigenvalue weighted by Gasteiger charge is -2.04. The fourth-order valence-corrected chi connectivity index (χ4v) is 2.46. The van der Waals surface area contributed by atoms with E-state index in [-0.39, 0.29) is 0 Å². The van der Waals surface area contributed by atoms with Gasteiger partial charge < -0.3 is 10.1 Å². The average Bonchev–Trinajstić information content (AvgIpc) is 2.78. The first-order chi connectivity index (χ1) is 8.90. The van der Waals surface area contributed by atoms with Crippen LogP contribution < -0.4 is 5.73 Å². The summed E-state index contributed by atoms with van der Waals surface area (Å²) in [7, 11) is 0. The Morgan fingerprint density at radius 2 is 1.72 bits per heavy atom. The Hall–Kier alpha value is -2.06. The second-order valence-corrected chi connectivity index (χ2v) is 4.43. The van der Waals surface area contributed by atoms with E-state index in [0.717, 1.165) is 6.42 Å². The number of hydrogen-bond donors (Lipinski definition) is 1. The molecule has 18 heavy (non-hydrogen) atoms. The largest absolute Gasteiger partial charge is 0.330 e. The SMILES string of the molecule is NCCc1cn2ccccc2c1-c1ccccc1.